The molecule has 6 heteroatoms. The highest BCUT2D eigenvalue weighted by Gasteiger charge is 2.24. The van der Waals surface area contributed by atoms with Crippen molar-refractivity contribution in [1.29, 1.82) is 0 Å². The largest absolute Gasteiger partial charge is 0.467 e. The van der Waals surface area contributed by atoms with E-state index in [4.69, 9.17) is 9.84 Å². The van der Waals surface area contributed by atoms with Crippen LogP contribution >= 0.6 is 0 Å². The number of hydrogen-bond donors (Lipinski definition) is 2. The summed E-state index contributed by atoms with van der Waals surface area (Å²) >= 11 is 0. The van der Waals surface area contributed by atoms with Gasteiger partial charge in [0.15, 0.2) is 0 Å². The molecule has 0 aliphatic carbocycles. The molecule has 0 bridgehead atoms. The molecule has 0 aromatic carbocycles. The third-order valence-electron chi connectivity index (χ3n) is 2.07. The summed E-state index contributed by atoms with van der Waals surface area (Å²) in [6, 6.07) is -0.761. The van der Waals surface area contributed by atoms with E-state index in [2.05, 4.69) is 10.1 Å². The number of amides is 1. The maximum absolute atomic E-state index is 11.6. The van der Waals surface area contributed by atoms with Crippen molar-refractivity contribution in [2.45, 2.75) is 45.3 Å². The van der Waals surface area contributed by atoms with E-state index < -0.39 is 23.7 Å². The molecule has 0 unspecified atom stereocenters. The van der Waals surface area contributed by atoms with Crippen LogP contribution in [0.2, 0.25) is 0 Å². The van der Waals surface area contributed by atoms with Crippen molar-refractivity contribution in [3.05, 3.63) is 12.2 Å². The molecule has 0 heterocycles. The van der Waals surface area contributed by atoms with Gasteiger partial charge in [-0.25, -0.2) is 9.59 Å². The minimum Gasteiger partial charge on any atom is -0.467 e. The first-order valence-corrected chi connectivity index (χ1v) is 6.13. The molecule has 0 aromatic rings. The highest BCUT2D eigenvalue weighted by Crippen LogP contribution is 2.08. The molecule has 110 valence electrons. The summed E-state index contributed by atoms with van der Waals surface area (Å²) in [7, 11) is 1.26. The molecule has 19 heavy (non-hydrogen) atoms. The summed E-state index contributed by atoms with van der Waals surface area (Å²) in [5, 5.41) is 11.1. The lowest BCUT2D eigenvalue weighted by Crippen LogP contribution is -2.43. The molecule has 0 spiro atoms. The van der Waals surface area contributed by atoms with E-state index in [1.165, 1.54) is 7.11 Å². The second-order valence-corrected chi connectivity index (χ2v) is 4.95. The van der Waals surface area contributed by atoms with Crippen LogP contribution < -0.4 is 5.32 Å². The quantitative estimate of drug-likeness (QED) is 0.564. The van der Waals surface area contributed by atoms with Crippen molar-refractivity contribution in [3.63, 3.8) is 0 Å². The number of carbonyl (C=O) groups excluding carboxylic acids is 2. The standard InChI is InChI=1S/C13H23NO5/c1-13(2,3)19-12(17)14-10(11(16)18-4)8-6-5-7-9-15/h5,7,10,15H,6,8-9H2,1-4H3,(H,14,17)/b7-5+/t10-/m0/s1. The molecule has 1 atom stereocenters. The Balaban J connectivity index is 4.39. The number of nitrogens with one attached hydrogen (secondary N) is 1. The molecule has 6 nitrogen and oxygen atoms in total. The summed E-state index contributed by atoms with van der Waals surface area (Å²) in [6.45, 7) is 5.17. The summed E-state index contributed by atoms with van der Waals surface area (Å²) in [5.74, 6) is -0.525. The van der Waals surface area contributed by atoms with E-state index in [-0.39, 0.29) is 6.61 Å². The zero-order valence-corrected chi connectivity index (χ0v) is 11.9. The Bertz CT molecular complexity index is 319. The van der Waals surface area contributed by atoms with Gasteiger partial charge in [-0.3, -0.25) is 0 Å². The number of rotatable bonds is 6. The third-order valence-corrected chi connectivity index (χ3v) is 2.07. The van der Waals surface area contributed by atoms with Crippen LogP contribution in [0.3, 0.4) is 0 Å². The highest BCUT2D eigenvalue weighted by atomic mass is 16.6. The van der Waals surface area contributed by atoms with Crippen molar-refractivity contribution >= 4 is 12.1 Å². The molecule has 0 radical (unpaired) electrons. The van der Waals surface area contributed by atoms with Crippen molar-refractivity contribution in [1.82, 2.24) is 5.32 Å². The zero-order chi connectivity index (χ0) is 14.9. The van der Waals surface area contributed by atoms with Gasteiger partial charge in [0, 0.05) is 0 Å². The first-order chi connectivity index (χ1) is 8.80. The van der Waals surface area contributed by atoms with Gasteiger partial charge in [-0.05, 0) is 33.6 Å². The minimum atomic E-state index is -0.761. The molecule has 0 saturated carbocycles. The Kier molecular flexibility index (Phi) is 7.83. The predicted octanol–water partition coefficient (Wildman–Crippen LogP) is 1.38. The van der Waals surface area contributed by atoms with E-state index in [1.54, 1.807) is 32.9 Å². The lowest BCUT2D eigenvalue weighted by atomic mass is 10.1. The number of carbonyl (C=O) groups is 2. The molecular formula is C13H23NO5. The van der Waals surface area contributed by atoms with Gasteiger partial charge >= 0.3 is 12.1 Å². The maximum atomic E-state index is 11.6. The van der Waals surface area contributed by atoms with Gasteiger partial charge in [-0.2, -0.15) is 0 Å². The van der Waals surface area contributed by atoms with Crippen LogP contribution in [0, 0.1) is 0 Å². The summed E-state index contributed by atoms with van der Waals surface area (Å²) in [6.07, 6.45) is 3.56. The zero-order valence-electron chi connectivity index (χ0n) is 11.9. The van der Waals surface area contributed by atoms with Crippen LogP contribution in [-0.4, -0.2) is 42.5 Å². The monoisotopic (exact) mass is 273 g/mol. The van der Waals surface area contributed by atoms with Crippen LogP contribution in [0.4, 0.5) is 4.79 Å². The summed E-state index contributed by atoms with van der Waals surface area (Å²) < 4.78 is 9.69. The molecule has 0 aromatic heterocycles. The van der Waals surface area contributed by atoms with E-state index in [9.17, 15) is 9.59 Å². The Labute approximate surface area is 113 Å². The second kappa shape index (κ2) is 8.53. The molecular weight excluding hydrogens is 250 g/mol. The average Bonchev–Trinajstić information content (AvgIpc) is 2.29. The molecule has 0 aliphatic rings. The molecule has 1 amide bonds. The Morgan fingerprint density at radius 3 is 2.42 bits per heavy atom. The third kappa shape index (κ3) is 9.07. The fourth-order valence-electron chi connectivity index (χ4n) is 1.30. The van der Waals surface area contributed by atoms with Gasteiger partial charge in [0.1, 0.15) is 11.6 Å². The van der Waals surface area contributed by atoms with Gasteiger partial charge < -0.3 is 19.9 Å². The smallest absolute Gasteiger partial charge is 0.408 e. The van der Waals surface area contributed by atoms with Gasteiger partial charge in [0.05, 0.1) is 13.7 Å². The maximum Gasteiger partial charge on any atom is 0.408 e. The van der Waals surface area contributed by atoms with E-state index in [0.29, 0.717) is 12.8 Å². The number of hydrogen-bond acceptors (Lipinski definition) is 5. The highest BCUT2D eigenvalue weighted by molar-refractivity contribution is 5.81. The van der Waals surface area contributed by atoms with Gasteiger partial charge in [-0.15, -0.1) is 0 Å². The number of methoxy groups -OCH3 is 1. The Morgan fingerprint density at radius 2 is 1.95 bits per heavy atom. The van der Waals surface area contributed by atoms with Gasteiger partial charge in [-0.1, -0.05) is 12.2 Å². The normalized spacial score (nSPS) is 13.1. The second-order valence-electron chi connectivity index (χ2n) is 4.95. The van der Waals surface area contributed by atoms with Crippen LogP contribution in [0.25, 0.3) is 0 Å². The summed E-state index contributed by atoms with van der Waals surface area (Å²) in [4.78, 5) is 23.1. The fourth-order valence-corrected chi connectivity index (χ4v) is 1.30. The molecule has 2 N–H and O–H groups in total. The van der Waals surface area contributed by atoms with Gasteiger partial charge in [0.2, 0.25) is 0 Å². The molecule has 0 rings (SSSR count). The first-order valence-electron chi connectivity index (χ1n) is 6.13. The molecule has 0 fully saturated rings. The van der Waals surface area contributed by atoms with Crippen molar-refractivity contribution < 1.29 is 24.2 Å². The molecule has 0 saturated heterocycles. The predicted molar refractivity (Wildman–Crippen MR) is 70.6 cm³/mol. The lowest BCUT2D eigenvalue weighted by molar-refractivity contribution is -0.143. The summed E-state index contributed by atoms with van der Waals surface area (Å²) in [5.41, 5.74) is -0.623. The van der Waals surface area contributed by atoms with Crippen molar-refractivity contribution in [3.8, 4) is 0 Å². The number of aliphatic hydroxyl groups is 1. The molecule has 0 aliphatic heterocycles. The topological polar surface area (TPSA) is 84.9 Å². The number of alkyl carbamates (subject to hydrolysis) is 1. The first kappa shape index (κ1) is 17.4. The van der Waals surface area contributed by atoms with E-state index in [0.717, 1.165) is 0 Å². The lowest BCUT2D eigenvalue weighted by Gasteiger charge is -2.22. The van der Waals surface area contributed by atoms with E-state index >= 15 is 0 Å². The number of allylic oxidation sites excluding steroid dienone is 1. The Morgan fingerprint density at radius 1 is 1.32 bits per heavy atom. The van der Waals surface area contributed by atoms with Crippen LogP contribution in [0.5, 0.6) is 0 Å². The number of aliphatic hydroxyl groups excluding tert-OH is 1. The van der Waals surface area contributed by atoms with Crippen LogP contribution in [-0.2, 0) is 14.3 Å². The van der Waals surface area contributed by atoms with Crippen LogP contribution in [0.1, 0.15) is 33.6 Å². The van der Waals surface area contributed by atoms with Gasteiger partial charge in [0.25, 0.3) is 0 Å². The van der Waals surface area contributed by atoms with Crippen molar-refractivity contribution in [2.75, 3.05) is 13.7 Å². The Hall–Kier alpha value is -1.56. The SMILES string of the molecule is COC(=O)[C@H](CC/C=C/CO)NC(=O)OC(C)(C)C. The number of esters is 1. The minimum absolute atomic E-state index is 0.0532. The number of ether oxygens (including phenoxy) is 2. The fraction of sp³-hybridized carbons (Fsp3) is 0.692. The average molecular weight is 273 g/mol. The van der Waals surface area contributed by atoms with Crippen LogP contribution in [0.15, 0.2) is 12.2 Å². The van der Waals surface area contributed by atoms with E-state index in [1.807, 2.05) is 0 Å². The van der Waals surface area contributed by atoms with Crippen molar-refractivity contribution in [2.24, 2.45) is 0 Å².